The van der Waals surface area contributed by atoms with Gasteiger partial charge in [0.1, 0.15) is 0 Å². The van der Waals surface area contributed by atoms with E-state index in [2.05, 4.69) is 29.8 Å². The zero-order valence-corrected chi connectivity index (χ0v) is 12.4. The number of nitrogens with zero attached hydrogens (tertiary/aromatic N) is 1. The molecule has 0 saturated carbocycles. The minimum atomic E-state index is 0.0547. The van der Waals surface area contributed by atoms with Crippen molar-refractivity contribution in [3.05, 3.63) is 28.2 Å². The van der Waals surface area contributed by atoms with Crippen LogP contribution in [0.2, 0.25) is 0 Å². The zero-order chi connectivity index (χ0) is 13.3. The Labute approximate surface area is 116 Å². The summed E-state index contributed by atoms with van der Waals surface area (Å²) in [4.78, 5) is 14.5. The van der Waals surface area contributed by atoms with E-state index in [-0.39, 0.29) is 5.91 Å². The molecule has 0 bridgehead atoms. The van der Waals surface area contributed by atoms with E-state index in [9.17, 15) is 4.79 Å². The monoisotopic (exact) mass is 310 g/mol. The first-order valence-corrected chi connectivity index (χ1v) is 7.14. The van der Waals surface area contributed by atoms with E-state index in [0.717, 1.165) is 17.4 Å². The largest absolute Gasteiger partial charge is 0.398 e. The molecular formula is C14H19BrN2O. The van der Waals surface area contributed by atoms with Gasteiger partial charge in [-0.2, -0.15) is 0 Å². The molecule has 2 rings (SSSR count). The molecule has 18 heavy (non-hydrogen) atoms. The maximum atomic E-state index is 12.5. The van der Waals surface area contributed by atoms with Crippen molar-refractivity contribution in [1.82, 2.24) is 4.90 Å². The molecule has 0 aromatic heterocycles. The van der Waals surface area contributed by atoms with Gasteiger partial charge in [-0.05, 0) is 43.9 Å². The molecule has 0 radical (unpaired) electrons. The van der Waals surface area contributed by atoms with Crippen molar-refractivity contribution in [2.24, 2.45) is 5.92 Å². The molecule has 4 heteroatoms. The van der Waals surface area contributed by atoms with Crippen LogP contribution in [0.4, 0.5) is 5.69 Å². The molecule has 1 fully saturated rings. The average Bonchev–Trinajstić information content (AvgIpc) is 2.31. The van der Waals surface area contributed by atoms with Crippen molar-refractivity contribution in [2.75, 3.05) is 12.3 Å². The highest BCUT2D eigenvalue weighted by Gasteiger charge is 2.28. The normalized spacial score (nSPS) is 24.1. The lowest BCUT2D eigenvalue weighted by molar-refractivity contribution is 0.0575. The van der Waals surface area contributed by atoms with Gasteiger partial charge in [0.2, 0.25) is 0 Å². The molecule has 1 aliphatic heterocycles. The van der Waals surface area contributed by atoms with Gasteiger partial charge in [-0.25, -0.2) is 0 Å². The summed E-state index contributed by atoms with van der Waals surface area (Å²) in [6.45, 7) is 5.13. The molecule has 3 nitrogen and oxygen atoms in total. The number of halogens is 1. The number of carbonyl (C=O) groups is 1. The molecule has 98 valence electrons. The molecule has 2 N–H and O–H groups in total. The molecule has 0 spiro atoms. The Kier molecular flexibility index (Phi) is 3.95. The van der Waals surface area contributed by atoms with Crippen LogP contribution < -0.4 is 5.73 Å². The lowest BCUT2D eigenvalue weighted by Gasteiger charge is -2.37. The smallest absolute Gasteiger partial charge is 0.256 e. The van der Waals surface area contributed by atoms with Gasteiger partial charge in [0, 0.05) is 22.7 Å². The Balaban J connectivity index is 2.24. The second kappa shape index (κ2) is 5.31. The third-order valence-electron chi connectivity index (χ3n) is 3.62. The highest BCUT2D eigenvalue weighted by atomic mass is 79.9. The third kappa shape index (κ3) is 2.69. The third-order valence-corrected chi connectivity index (χ3v) is 4.12. The van der Waals surface area contributed by atoms with Crippen LogP contribution >= 0.6 is 15.9 Å². The van der Waals surface area contributed by atoms with E-state index in [4.69, 9.17) is 5.73 Å². The molecule has 1 amide bonds. The van der Waals surface area contributed by atoms with Crippen molar-refractivity contribution in [1.29, 1.82) is 0 Å². The van der Waals surface area contributed by atoms with Crippen LogP contribution in [0, 0.1) is 5.92 Å². The minimum Gasteiger partial charge on any atom is -0.398 e. The summed E-state index contributed by atoms with van der Waals surface area (Å²) in [5.41, 5.74) is 7.08. The van der Waals surface area contributed by atoms with Gasteiger partial charge < -0.3 is 10.6 Å². The maximum Gasteiger partial charge on any atom is 0.256 e. The van der Waals surface area contributed by atoms with E-state index in [1.165, 1.54) is 6.42 Å². The van der Waals surface area contributed by atoms with Crippen LogP contribution in [0.1, 0.15) is 37.0 Å². The standard InChI is InChI=1S/C14H19BrN2O/c1-9-3-4-10(2)17(8-9)14(18)12-6-5-11(15)7-13(12)16/h5-7,9-10H,3-4,8,16H2,1-2H3. The summed E-state index contributed by atoms with van der Waals surface area (Å²) in [6, 6.07) is 5.75. The Morgan fingerprint density at radius 2 is 2.11 bits per heavy atom. The summed E-state index contributed by atoms with van der Waals surface area (Å²) in [5, 5.41) is 0. The Morgan fingerprint density at radius 1 is 1.39 bits per heavy atom. The number of likely N-dealkylation sites (tertiary alicyclic amines) is 1. The van der Waals surface area contributed by atoms with Gasteiger partial charge in [0.05, 0.1) is 5.56 Å². The fourth-order valence-electron chi connectivity index (χ4n) is 2.45. The predicted octanol–water partition coefficient (Wildman–Crippen LogP) is 3.29. The lowest BCUT2D eigenvalue weighted by atomic mass is 9.94. The summed E-state index contributed by atoms with van der Waals surface area (Å²) in [6.07, 6.45) is 2.27. The highest BCUT2D eigenvalue weighted by molar-refractivity contribution is 9.10. The van der Waals surface area contributed by atoms with Crippen molar-refractivity contribution < 1.29 is 4.79 Å². The topological polar surface area (TPSA) is 46.3 Å². The summed E-state index contributed by atoms with van der Waals surface area (Å²) >= 11 is 3.36. The predicted molar refractivity (Wildman–Crippen MR) is 77.5 cm³/mol. The molecule has 1 aliphatic rings. The van der Waals surface area contributed by atoms with Crippen molar-refractivity contribution >= 4 is 27.5 Å². The molecule has 1 aromatic rings. The number of hydrogen-bond acceptors (Lipinski definition) is 2. The lowest BCUT2D eigenvalue weighted by Crippen LogP contribution is -2.45. The Bertz CT molecular complexity index is 461. The van der Waals surface area contributed by atoms with Crippen LogP contribution in [0.5, 0.6) is 0 Å². The molecule has 1 heterocycles. The first-order valence-electron chi connectivity index (χ1n) is 6.35. The van der Waals surface area contributed by atoms with Crippen LogP contribution in [0.3, 0.4) is 0 Å². The number of piperidine rings is 1. The van der Waals surface area contributed by atoms with Gasteiger partial charge >= 0.3 is 0 Å². The molecule has 1 aromatic carbocycles. The van der Waals surface area contributed by atoms with Gasteiger partial charge in [0.25, 0.3) is 5.91 Å². The van der Waals surface area contributed by atoms with Crippen LogP contribution in [-0.2, 0) is 0 Å². The zero-order valence-electron chi connectivity index (χ0n) is 10.8. The first kappa shape index (κ1) is 13.4. The molecular weight excluding hydrogens is 292 g/mol. The maximum absolute atomic E-state index is 12.5. The van der Waals surface area contributed by atoms with E-state index in [0.29, 0.717) is 23.2 Å². The van der Waals surface area contributed by atoms with E-state index in [1.807, 2.05) is 11.0 Å². The average molecular weight is 311 g/mol. The van der Waals surface area contributed by atoms with Crippen LogP contribution in [-0.4, -0.2) is 23.4 Å². The molecule has 2 atom stereocenters. The van der Waals surface area contributed by atoms with Gasteiger partial charge in [-0.3, -0.25) is 4.79 Å². The minimum absolute atomic E-state index is 0.0547. The number of benzene rings is 1. The quantitative estimate of drug-likeness (QED) is 0.809. The van der Waals surface area contributed by atoms with Crippen molar-refractivity contribution in [2.45, 2.75) is 32.7 Å². The van der Waals surface area contributed by atoms with Crippen LogP contribution in [0.15, 0.2) is 22.7 Å². The number of carbonyl (C=O) groups excluding carboxylic acids is 1. The highest BCUT2D eigenvalue weighted by Crippen LogP contribution is 2.26. The second-order valence-electron chi connectivity index (χ2n) is 5.22. The number of hydrogen-bond donors (Lipinski definition) is 1. The van der Waals surface area contributed by atoms with Crippen molar-refractivity contribution in [3.63, 3.8) is 0 Å². The molecule has 2 unspecified atom stereocenters. The Morgan fingerprint density at radius 3 is 2.78 bits per heavy atom. The fourth-order valence-corrected chi connectivity index (χ4v) is 2.83. The summed E-state index contributed by atoms with van der Waals surface area (Å²) < 4.78 is 0.900. The number of nitrogen functional groups attached to an aromatic ring is 1. The van der Waals surface area contributed by atoms with E-state index in [1.54, 1.807) is 12.1 Å². The fraction of sp³-hybridized carbons (Fsp3) is 0.500. The number of amides is 1. The first-order chi connectivity index (χ1) is 8.49. The van der Waals surface area contributed by atoms with Crippen LogP contribution in [0.25, 0.3) is 0 Å². The van der Waals surface area contributed by atoms with Crippen molar-refractivity contribution in [3.8, 4) is 0 Å². The van der Waals surface area contributed by atoms with Gasteiger partial charge in [-0.15, -0.1) is 0 Å². The second-order valence-corrected chi connectivity index (χ2v) is 6.14. The molecule has 1 saturated heterocycles. The number of rotatable bonds is 1. The summed E-state index contributed by atoms with van der Waals surface area (Å²) in [7, 11) is 0. The SMILES string of the molecule is CC1CCC(C)N(C(=O)c2ccc(Br)cc2N)C1. The van der Waals surface area contributed by atoms with E-state index < -0.39 is 0 Å². The molecule has 0 aliphatic carbocycles. The number of anilines is 1. The van der Waals surface area contributed by atoms with E-state index >= 15 is 0 Å². The van der Waals surface area contributed by atoms with Gasteiger partial charge in [0.15, 0.2) is 0 Å². The Hall–Kier alpha value is -1.03. The number of nitrogens with two attached hydrogens (primary N) is 1. The summed E-state index contributed by atoms with van der Waals surface area (Å²) in [5.74, 6) is 0.626. The van der Waals surface area contributed by atoms with Gasteiger partial charge in [-0.1, -0.05) is 22.9 Å².